The fourth-order valence-corrected chi connectivity index (χ4v) is 5.49. The highest BCUT2D eigenvalue weighted by Crippen LogP contribution is 2.36. The summed E-state index contributed by atoms with van der Waals surface area (Å²) in [6.45, 7) is 2.15. The van der Waals surface area contributed by atoms with Gasteiger partial charge in [-0.2, -0.15) is 9.57 Å². The van der Waals surface area contributed by atoms with E-state index in [1.165, 1.54) is 36.9 Å². The number of rotatable bonds is 7. The first-order valence-electron chi connectivity index (χ1n) is 11.2. The van der Waals surface area contributed by atoms with Gasteiger partial charge in [0, 0.05) is 13.6 Å². The number of sulfonamides is 1. The minimum absolute atomic E-state index is 0.0538. The van der Waals surface area contributed by atoms with Gasteiger partial charge in [0.15, 0.2) is 0 Å². The molecule has 0 heterocycles. The highest BCUT2D eigenvalue weighted by Gasteiger charge is 2.33. The molecule has 1 aliphatic rings. The van der Waals surface area contributed by atoms with Crippen LogP contribution in [0, 0.1) is 18.3 Å². The number of fused-ring (bicyclic) bond motifs is 1. The lowest BCUT2D eigenvalue weighted by atomic mass is 10.1. The number of carbonyl (C=O) groups excluding carboxylic acids is 1. The summed E-state index contributed by atoms with van der Waals surface area (Å²) in [7, 11) is -2.46. The maximum atomic E-state index is 13.6. The molecular formula is C27H27N3O3S. The fourth-order valence-electron chi connectivity index (χ4n) is 4.37. The van der Waals surface area contributed by atoms with Crippen LogP contribution in [0.1, 0.15) is 40.3 Å². The highest BCUT2D eigenvalue weighted by molar-refractivity contribution is 7.89. The number of benzene rings is 3. The number of nitriles is 1. The number of hydrogen-bond acceptors (Lipinski definition) is 4. The molecular weight excluding hydrogens is 446 g/mol. The summed E-state index contributed by atoms with van der Waals surface area (Å²) in [6.07, 6.45) is 1.70. The molecule has 4 rings (SSSR count). The van der Waals surface area contributed by atoms with Crippen LogP contribution in [-0.4, -0.2) is 37.1 Å². The van der Waals surface area contributed by atoms with Crippen molar-refractivity contribution in [3.8, 4) is 6.07 Å². The number of likely N-dealkylation sites (N-methyl/N-ethyl adjacent to an activating group) is 1. The van der Waals surface area contributed by atoms with Gasteiger partial charge in [-0.1, -0.05) is 54.1 Å². The highest BCUT2D eigenvalue weighted by atomic mass is 32.2. The minimum Gasteiger partial charge on any atom is -0.330 e. The van der Waals surface area contributed by atoms with Gasteiger partial charge in [-0.3, -0.25) is 4.79 Å². The Hall–Kier alpha value is -3.47. The molecule has 174 valence electrons. The zero-order valence-electron chi connectivity index (χ0n) is 19.3. The van der Waals surface area contributed by atoms with Crippen molar-refractivity contribution in [1.82, 2.24) is 9.21 Å². The van der Waals surface area contributed by atoms with Crippen molar-refractivity contribution >= 4 is 15.9 Å². The van der Waals surface area contributed by atoms with Crippen LogP contribution in [0.25, 0.3) is 0 Å². The molecule has 0 N–H and O–H groups in total. The Labute approximate surface area is 201 Å². The second-order valence-electron chi connectivity index (χ2n) is 8.66. The predicted octanol–water partition coefficient (Wildman–Crippen LogP) is 4.20. The molecule has 0 aromatic heterocycles. The summed E-state index contributed by atoms with van der Waals surface area (Å²) in [6, 6.07) is 23.8. The van der Waals surface area contributed by atoms with Crippen molar-refractivity contribution in [2.75, 3.05) is 13.6 Å². The Morgan fingerprint density at radius 1 is 1.03 bits per heavy atom. The average molecular weight is 474 g/mol. The van der Waals surface area contributed by atoms with Gasteiger partial charge in [0.2, 0.25) is 15.9 Å². The maximum absolute atomic E-state index is 13.6. The lowest BCUT2D eigenvalue weighted by molar-refractivity contribution is -0.134. The Balaban J connectivity index is 1.59. The normalized spacial score (nSPS) is 15.1. The summed E-state index contributed by atoms with van der Waals surface area (Å²) < 4.78 is 27.2. The van der Waals surface area contributed by atoms with Crippen LogP contribution >= 0.6 is 0 Å². The van der Waals surface area contributed by atoms with Crippen LogP contribution < -0.4 is 0 Å². The van der Waals surface area contributed by atoms with E-state index in [4.69, 9.17) is 5.26 Å². The summed E-state index contributed by atoms with van der Waals surface area (Å²) in [4.78, 5) is 15.4. The maximum Gasteiger partial charge on any atom is 0.243 e. The molecule has 3 aromatic carbocycles. The van der Waals surface area contributed by atoms with E-state index < -0.39 is 10.0 Å². The molecule has 0 aliphatic heterocycles. The molecule has 0 saturated carbocycles. The van der Waals surface area contributed by atoms with E-state index in [0.717, 1.165) is 33.8 Å². The van der Waals surface area contributed by atoms with Gasteiger partial charge in [0.25, 0.3) is 0 Å². The molecule has 7 heteroatoms. The van der Waals surface area contributed by atoms with Gasteiger partial charge in [0.05, 0.1) is 29.1 Å². The number of nitrogens with zero attached hydrogens (tertiary/aromatic N) is 3. The van der Waals surface area contributed by atoms with E-state index in [9.17, 15) is 13.2 Å². The fraction of sp³-hybridized carbons (Fsp3) is 0.259. The second-order valence-corrected chi connectivity index (χ2v) is 10.7. The molecule has 1 atom stereocenters. The van der Waals surface area contributed by atoms with Crippen molar-refractivity contribution < 1.29 is 13.2 Å². The molecule has 1 unspecified atom stereocenters. The largest absolute Gasteiger partial charge is 0.330 e. The molecule has 0 saturated heterocycles. The number of carbonyl (C=O) groups is 1. The second kappa shape index (κ2) is 9.80. The number of amides is 1. The zero-order chi connectivity index (χ0) is 24.3. The topological polar surface area (TPSA) is 81.5 Å². The van der Waals surface area contributed by atoms with Crippen LogP contribution in [-0.2, 0) is 27.8 Å². The van der Waals surface area contributed by atoms with Crippen molar-refractivity contribution in [3.63, 3.8) is 0 Å². The van der Waals surface area contributed by atoms with Gasteiger partial charge >= 0.3 is 0 Å². The smallest absolute Gasteiger partial charge is 0.243 e. The molecule has 1 aliphatic carbocycles. The number of aryl methyl sites for hydroxylation is 2. The molecule has 0 spiro atoms. The monoisotopic (exact) mass is 473 g/mol. The SMILES string of the molecule is Cc1ccc(CN(C(=O)CN(C)S(=O)(=O)c2ccc(C#N)cc2)C2CCc3ccccc32)cc1. The predicted molar refractivity (Wildman–Crippen MR) is 130 cm³/mol. The third kappa shape index (κ3) is 4.89. The Morgan fingerprint density at radius 3 is 2.38 bits per heavy atom. The van der Waals surface area contributed by atoms with Gasteiger partial charge in [-0.25, -0.2) is 8.42 Å². The van der Waals surface area contributed by atoms with Gasteiger partial charge in [0.1, 0.15) is 0 Å². The Morgan fingerprint density at radius 2 is 1.71 bits per heavy atom. The molecule has 34 heavy (non-hydrogen) atoms. The summed E-state index contributed by atoms with van der Waals surface area (Å²) >= 11 is 0. The van der Waals surface area contributed by atoms with Gasteiger partial charge < -0.3 is 4.90 Å². The van der Waals surface area contributed by atoms with Crippen LogP contribution in [0.3, 0.4) is 0 Å². The van der Waals surface area contributed by atoms with E-state index in [2.05, 4.69) is 12.1 Å². The van der Waals surface area contributed by atoms with E-state index in [1.54, 1.807) is 4.90 Å². The summed E-state index contributed by atoms with van der Waals surface area (Å²) in [5.74, 6) is -0.248. The third-order valence-electron chi connectivity index (χ3n) is 6.32. The van der Waals surface area contributed by atoms with Crippen LogP contribution in [0.2, 0.25) is 0 Å². The van der Waals surface area contributed by atoms with E-state index >= 15 is 0 Å². The van der Waals surface area contributed by atoms with Crippen molar-refractivity contribution in [3.05, 3.63) is 101 Å². The van der Waals surface area contributed by atoms with Crippen LogP contribution in [0.15, 0.2) is 77.7 Å². The first-order chi connectivity index (χ1) is 16.3. The average Bonchev–Trinajstić information content (AvgIpc) is 3.27. The molecule has 0 radical (unpaired) electrons. The minimum atomic E-state index is -3.88. The summed E-state index contributed by atoms with van der Waals surface area (Å²) in [5, 5.41) is 8.97. The van der Waals surface area contributed by atoms with E-state index in [1.807, 2.05) is 49.4 Å². The first-order valence-corrected chi connectivity index (χ1v) is 12.6. The molecule has 3 aromatic rings. The quantitative estimate of drug-likeness (QED) is 0.515. The standard InChI is InChI=1S/C27H27N3O3S/c1-20-7-9-22(10-8-20)18-30(26-16-13-23-5-3-4-6-25(23)26)27(31)19-29(2)34(32,33)24-14-11-21(17-28)12-15-24/h3-12,14-15,26H,13,16,18-19H2,1-2H3. The Kier molecular flexibility index (Phi) is 6.82. The van der Waals surface area contributed by atoms with Crippen molar-refractivity contribution in [1.29, 1.82) is 5.26 Å². The van der Waals surface area contributed by atoms with E-state index in [0.29, 0.717) is 12.1 Å². The zero-order valence-corrected chi connectivity index (χ0v) is 20.1. The van der Waals surface area contributed by atoms with Gasteiger partial charge in [-0.05, 0) is 60.7 Å². The Bertz CT molecular complexity index is 1330. The molecule has 1 amide bonds. The number of hydrogen-bond donors (Lipinski definition) is 0. The molecule has 0 fully saturated rings. The molecule has 6 nitrogen and oxygen atoms in total. The first kappa shape index (κ1) is 23.7. The third-order valence-corrected chi connectivity index (χ3v) is 8.14. The van der Waals surface area contributed by atoms with Gasteiger partial charge in [-0.15, -0.1) is 0 Å². The van der Waals surface area contributed by atoms with Crippen molar-refractivity contribution in [2.45, 2.75) is 37.2 Å². The van der Waals surface area contributed by atoms with Crippen LogP contribution in [0.5, 0.6) is 0 Å². The van der Waals surface area contributed by atoms with Crippen LogP contribution in [0.4, 0.5) is 0 Å². The van der Waals surface area contributed by atoms with Crippen molar-refractivity contribution in [2.24, 2.45) is 0 Å². The molecule has 0 bridgehead atoms. The summed E-state index contributed by atoms with van der Waals surface area (Å²) in [5.41, 5.74) is 4.87. The lowest BCUT2D eigenvalue weighted by Gasteiger charge is -2.31. The lowest BCUT2D eigenvalue weighted by Crippen LogP contribution is -2.42. The van der Waals surface area contributed by atoms with E-state index in [-0.39, 0.29) is 23.4 Å².